The van der Waals surface area contributed by atoms with Gasteiger partial charge in [0.15, 0.2) is 0 Å². The number of rotatable bonds is 5. The summed E-state index contributed by atoms with van der Waals surface area (Å²) in [5.74, 6) is -0.752. The third-order valence-electron chi connectivity index (χ3n) is 12.4. The Kier molecular flexibility index (Phi) is 6.47. The number of benzene rings is 4. The maximum Gasteiger partial charge on any atom is 0.247 e. The van der Waals surface area contributed by atoms with E-state index >= 15 is 0 Å². The van der Waals surface area contributed by atoms with Gasteiger partial charge in [-0.15, -0.1) is 0 Å². The Morgan fingerprint density at radius 3 is 1.59 bits per heavy atom. The van der Waals surface area contributed by atoms with Gasteiger partial charge in [0, 0.05) is 29.2 Å². The molecule has 10 nitrogen and oxygen atoms in total. The minimum absolute atomic E-state index is 0.146. The van der Waals surface area contributed by atoms with Gasteiger partial charge in [0.2, 0.25) is 23.6 Å². The topological polar surface area (TPSA) is 123 Å². The molecular formula is C40H35ClN6O4. The molecule has 10 rings (SSSR count). The molecule has 0 unspecified atom stereocenters. The molecule has 6 aliphatic heterocycles. The first-order valence-corrected chi connectivity index (χ1v) is 17.9. The summed E-state index contributed by atoms with van der Waals surface area (Å²) in [4.78, 5) is 61.3. The molecule has 0 aromatic heterocycles. The average Bonchev–Trinajstić information content (AvgIpc) is 3.85. The Labute approximate surface area is 299 Å². The van der Waals surface area contributed by atoms with E-state index in [9.17, 15) is 19.2 Å². The van der Waals surface area contributed by atoms with E-state index in [4.69, 9.17) is 11.6 Å². The number of hydrogen-bond acceptors (Lipinski definition) is 6. The van der Waals surface area contributed by atoms with Crippen LogP contribution in [0.1, 0.15) is 35.1 Å². The SMILES string of the molecule is O=C1N[C@@H](Cc2ccccc2)C(=O)N2[C@H]3Nc4ccccc4[C@@]3([C@]34C[C@H]5C(=O)N[C@@H](Cc6ccccc6Cl)C(=O)N5[C@H]3Nc3ccccc34)C[C@@H]12. The summed E-state index contributed by atoms with van der Waals surface area (Å²) in [5, 5.41) is 14.1. The normalized spacial score (nSPS) is 32.5. The molecule has 4 aromatic rings. The van der Waals surface area contributed by atoms with Crippen molar-refractivity contribution in [2.75, 3.05) is 10.6 Å². The molecule has 0 bridgehead atoms. The van der Waals surface area contributed by atoms with Gasteiger partial charge in [-0.05, 0) is 53.3 Å². The van der Waals surface area contributed by atoms with Crippen molar-refractivity contribution in [3.63, 3.8) is 0 Å². The Morgan fingerprint density at radius 2 is 1.04 bits per heavy atom. The Bertz CT molecular complexity index is 2160. The highest BCUT2D eigenvalue weighted by atomic mass is 35.5. The molecule has 4 fully saturated rings. The monoisotopic (exact) mass is 698 g/mol. The van der Waals surface area contributed by atoms with E-state index in [-0.39, 0.29) is 30.0 Å². The fourth-order valence-electron chi connectivity index (χ4n) is 10.4. The average molecular weight is 699 g/mol. The molecule has 51 heavy (non-hydrogen) atoms. The second-order valence-electron chi connectivity index (χ2n) is 14.7. The lowest BCUT2D eigenvalue weighted by Crippen LogP contribution is -2.67. The van der Waals surface area contributed by atoms with Crippen molar-refractivity contribution in [2.45, 2.75) is 73.0 Å². The van der Waals surface area contributed by atoms with Crippen LogP contribution in [-0.4, -0.2) is 69.9 Å². The summed E-state index contributed by atoms with van der Waals surface area (Å²) in [6.07, 6.45) is 0.0352. The van der Waals surface area contributed by atoms with E-state index in [1.165, 1.54) is 0 Å². The Balaban J connectivity index is 1.12. The van der Waals surface area contributed by atoms with Crippen LogP contribution in [0.4, 0.5) is 11.4 Å². The van der Waals surface area contributed by atoms with Crippen molar-refractivity contribution in [1.29, 1.82) is 0 Å². The Morgan fingerprint density at radius 1 is 0.569 bits per heavy atom. The molecule has 0 aliphatic carbocycles. The number of fused-ring (bicyclic) bond motifs is 11. The number of piperazine rings is 2. The summed E-state index contributed by atoms with van der Waals surface area (Å²) in [6, 6.07) is 30.1. The zero-order chi connectivity index (χ0) is 34.6. The maximum atomic E-state index is 14.7. The van der Waals surface area contributed by atoms with Crippen molar-refractivity contribution in [1.82, 2.24) is 20.4 Å². The van der Waals surface area contributed by atoms with Crippen LogP contribution in [0.5, 0.6) is 0 Å². The molecule has 4 aromatic carbocycles. The van der Waals surface area contributed by atoms with Crippen molar-refractivity contribution in [3.8, 4) is 0 Å². The number of halogens is 1. The fraction of sp³-hybridized carbons (Fsp3) is 0.300. The van der Waals surface area contributed by atoms with E-state index in [0.717, 1.165) is 33.6 Å². The Hall–Kier alpha value is -5.35. The van der Waals surface area contributed by atoms with E-state index in [2.05, 4.69) is 33.4 Å². The first-order valence-electron chi connectivity index (χ1n) is 17.6. The molecule has 6 heterocycles. The van der Waals surface area contributed by atoms with Crippen molar-refractivity contribution < 1.29 is 19.2 Å². The van der Waals surface area contributed by atoms with Crippen LogP contribution >= 0.6 is 11.6 Å². The van der Waals surface area contributed by atoms with Gasteiger partial charge in [0.05, 0.1) is 10.8 Å². The van der Waals surface area contributed by atoms with Crippen LogP contribution in [0.15, 0.2) is 103 Å². The molecule has 6 aliphatic rings. The lowest BCUT2D eigenvalue weighted by molar-refractivity contribution is -0.149. The van der Waals surface area contributed by atoms with Gasteiger partial charge < -0.3 is 31.1 Å². The van der Waals surface area contributed by atoms with Crippen molar-refractivity contribution >= 4 is 46.6 Å². The number of carbonyl (C=O) groups is 4. The first-order chi connectivity index (χ1) is 24.8. The quantitative estimate of drug-likeness (QED) is 0.252. The molecule has 0 radical (unpaired) electrons. The molecule has 8 atom stereocenters. The van der Waals surface area contributed by atoms with Gasteiger partial charge in [-0.1, -0.05) is 96.5 Å². The van der Waals surface area contributed by atoms with Gasteiger partial charge in [0.1, 0.15) is 36.5 Å². The smallest absolute Gasteiger partial charge is 0.247 e. The lowest BCUT2D eigenvalue weighted by atomic mass is 9.54. The van der Waals surface area contributed by atoms with Crippen LogP contribution in [0, 0.1) is 0 Å². The van der Waals surface area contributed by atoms with Gasteiger partial charge in [-0.25, -0.2) is 0 Å². The zero-order valence-corrected chi connectivity index (χ0v) is 28.3. The number of carbonyl (C=O) groups excluding carboxylic acids is 4. The summed E-state index contributed by atoms with van der Waals surface area (Å²) < 4.78 is 0. The molecule has 4 amide bonds. The highest BCUT2D eigenvalue weighted by Crippen LogP contribution is 2.68. The largest absolute Gasteiger partial charge is 0.364 e. The molecule has 0 saturated carbocycles. The van der Waals surface area contributed by atoms with Crippen LogP contribution in [-0.2, 0) is 42.8 Å². The minimum atomic E-state index is -0.891. The number of hydrogen-bond donors (Lipinski definition) is 4. The van der Waals surface area contributed by atoms with Gasteiger partial charge in [0.25, 0.3) is 0 Å². The predicted molar refractivity (Wildman–Crippen MR) is 191 cm³/mol. The summed E-state index contributed by atoms with van der Waals surface area (Å²) >= 11 is 6.52. The van der Waals surface area contributed by atoms with E-state index in [1.54, 1.807) is 15.9 Å². The van der Waals surface area contributed by atoms with Gasteiger partial charge in [-0.3, -0.25) is 19.2 Å². The molecule has 4 saturated heterocycles. The molecule has 256 valence electrons. The summed E-state index contributed by atoms with van der Waals surface area (Å²) in [5.41, 5.74) is 3.67. The molecule has 4 N–H and O–H groups in total. The van der Waals surface area contributed by atoms with E-state index < -0.39 is 47.3 Å². The number of nitrogens with one attached hydrogen (secondary N) is 4. The second-order valence-corrected chi connectivity index (χ2v) is 15.1. The van der Waals surface area contributed by atoms with Crippen LogP contribution in [0.2, 0.25) is 5.02 Å². The third kappa shape index (κ3) is 3.99. The number of anilines is 2. The third-order valence-corrected chi connectivity index (χ3v) is 12.8. The number of nitrogens with zero attached hydrogens (tertiary/aromatic N) is 2. The molecule has 0 spiro atoms. The predicted octanol–water partition coefficient (Wildman–Crippen LogP) is 3.70. The standard InChI is InChI=1S/C40H35ClN6O4/c41-26-15-7-4-12-23(26)19-30-36(51)47-32(34(49)43-30)21-40(25-14-6-9-17-28(25)45-38(40)47)39-20-31-33(48)42-29(18-22-10-2-1-3-11-22)35(50)46(31)37(39)44-27-16-8-5-13-24(27)39/h1-17,29-32,37-38,44-45H,18-21H2,(H,42,48)(H,43,49)/t29-,30-,31-,32-,37+,38+,39-,40-/m0/s1. The van der Waals surface area contributed by atoms with Crippen LogP contribution in [0.25, 0.3) is 0 Å². The van der Waals surface area contributed by atoms with Crippen LogP contribution in [0.3, 0.4) is 0 Å². The molecule has 11 heteroatoms. The van der Waals surface area contributed by atoms with E-state index in [1.807, 2.05) is 84.9 Å². The number of para-hydroxylation sites is 2. The first kappa shape index (κ1) is 30.5. The molecular weight excluding hydrogens is 664 g/mol. The highest BCUT2D eigenvalue weighted by molar-refractivity contribution is 6.31. The van der Waals surface area contributed by atoms with Gasteiger partial charge in [-0.2, -0.15) is 0 Å². The van der Waals surface area contributed by atoms with Crippen molar-refractivity contribution in [2.24, 2.45) is 0 Å². The number of amides is 4. The second kappa shape index (κ2) is 10.8. The van der Waals surface area contributed by atoms with E-state index in [0.29, 0.717) is 24.3 Å². The van der Waals surface area contributed by atoms with Gasteiger partial charge >= 0.3 is 0 Å². The highest BCUT2D eigenvalue weighted by Gasteiger charge is 2.78. The van der Waals surface area contributed by atoms with Crippen molar-refractivity contribution in [3.05, 3.63) is 130 Å². The fourth-order valence-corrected chi connectivity index (χ4v) is 10.6. The lowest BCUT2D eigenvalue weighted by Gasteiger charge is -2.48. The zero-order valence-electron chi connectivity index (χ0n) is 27.5. The van der Waals surface area contributed by atoms with Crippen LogP contribution < -0.4 is 21.3 Å². The summed E-state index contributed by atoms with van der Waals surface area (Å²) in [6.45, 7) is 0. The summed E-state index contributed by atoms with van der Waals surface area (Å²) in [7, 11) is 0. The maximum absolute atomic E-state index is 14.7. The minimum Gasteiger partial charge on any atom is -0.364 e.